The van der Waals surface area contributed by atoms with E-state index in [-0.39, 0.29) is 5.76 Å². The van der Waals surface area contributed by atoms with E-state index in [0.717, 1.165) is 38.1 Å². The van der Waals surface area contributed by atoms with E-state index < -0.39 is 0 Å². The van der Waals surface area contributed by atoms with Crippen molar-refractivity contribution in [2.45, 2.75) is 39.2 Å². The highest BCUT2D eigenvalue weighted by Crippen LogP contribution is 2.23. The van der Waals surface area contributed by atoms with Crippen molar-refractivity contribution in [1.29, 1.82) is 0 Å². The number of ether oxygens (including phenoxy) is 1. The molecule has 20 heavy (non-hydrogen) atoms. The van der Waals surface area contributed by atoms with Crippen LogP contribution in [0.25, 0.3) is 11.1 Å². The minimum absolute atomic E-state index is 0.243. The normalized spacial score (nSPS) is 17.1. The molecule has 0 amide bonds. The number of aromatic nitrogens is 1. The van der Waals surface area contributed by atoms with E-state index in [4.69, 9.17) is 9.15 Å². The van der Waals surface area contributed by atoms with E-state index in [9.17, 15) is 4.79 Å². The number of hydrogen-bond donors (Lipinski definition) is 0. The van der Waals surface area contributed by atoms with Gasteiger partial charge in [0.1, 0.15) is 0 Å². The average Bonchev–Trinajstić information content (AvgIpc) is 2.75. The minimum atomic E-state index is -0.243. The summed E-state index contributed by atoms with van der Waals surface area (Å²) in [5.41, 5.74) is 2.85. The van der Waals surface area contributed by atoms with Gasteiger partial charge in [-0.05, 0) is 42.4 Å². The summed E-state index contributed by atoms with van der Waals surface area (Å²) >= 11 is 0. The zero-order chi connectivity index (χ0) is 14.1. The van der Waals surface area contributed by atoms with Crippen molar-refractivity contribution in [2.24, 2.45) is 5.92 Å². The van der Waals surface area contributed by atoms with Crippen LogP contribution in [0.4, 0.5) is 0 Å². The van der Waals surface area contributed by atoms with Crippen LogP contribution in [0.5, 0.6) is 0 Å². The number of oxazole rings is 1. The van der Waals surface area contributed by atoms with Gasteiger partial charge in [0, 0.05) is 19.8 Å². The second-order valence-electron chi connectivity index (χ2n) is 5.92. The Balaban J connectivity index is 1.97. The molecule has 2 heterocycles. The Labute approximate surface area is 118 Å². The predicted octanol–water partition coefficient (Wildman–Crippen LogP) is 3.14. The highest BCUT2D eigenvalue weighted by atomic mass is 16.5. The van der Waals surface area contributed by atoms with Crippen LogP contribution in [0.2, 0.25) is 0 Å². The lowest BCUT2D eigenvalue weighted by Gasteiger charge is -2.21. The molecule has 1 fully saturated rings. The Morgan fingerprint density at radius 2 is 2.05 bits per heavy atom. The lowest BCUT2D eigenvalue weighted by Crippen LogP contribution is -2.24. The molecular formula is C16H21NO3. The number of fused-ring (bicyclic) bond motifs is 1. The first-order valence-electron chi connectivity index (χ1n) is 7.36. The van der Waals surface area contributed by atoms with Gasteiger partial charge in [-0.2, -0.15) is 0 Å². The zero-order valence-electron chi connectivity index (χ0n) is 12.1. The third-order valence-electron chi connectivity index (χ3n) is 4.14. The number of nitrogens with zero attached hydrogens (tertiary/aromatic N) is 1. The molecule has 0 bridgehead atoms. The fraction of sp³-hybridized carbons (Fsp3) is 0.562. The van der Waals surface area contributed by atoms with Gasteiger partial charge in [0.25, 0.3) is 0 Å². The number of rotatable bonds is 3. The third-order valence-corrected chi connectivity index (χ3v) is 4.14. The van der Waals surface area contributed by atoms with E-state index >= 15 is 0 Å². The predicted molar refractivity (Wildman–Crippen MR) is 78.1 cm³/mol. The molecule has 0 radical (unpaired) electrons. The van der Waals surface area contributed by atoms with Crippen molar-refractivity contribution >= 4 is 11.1 Å². The third kappa shape index (κ3) is 2.52. The fourth-order valence-electron chi connectivity index (χ4n) is 2.80. The molecule has 0 unspecified atom stereocenters. The standard InChI is InChI=1S/C16H21NO3/c1-11(2)13-3-4-15-14(9-13)17(16(18)20-15)10-12-5-7-19-8-6-12/h3-4,9,11-12H,5-8,10H2,1-2H3. The molecule has 108 valence electrons. The Bertz CT molecular complexity index is 647. The quantitative estimate of drug-likeness (QED) is 0.864. The molecule has 1 aliphatic heterocycles. The van der Waals surface area contributed by atoms with Crippen LogP contribution in [0.1, 0.15) is 38.2 Å². The van der Waals surface area contributed by atoms with Crippen LogP contribution in [-0.2, 0) is 11.3 Å². The maximum absolute atomic E-state index is 12.1. The largest absolute Gasteiger partial charge is 0.419 e. The van der Waals surface area contributed by atoms with Crippen LogP contribution in [0.3, 0.4) is 0 Å². The second kappa shape index (κ2) is 5.44. The summed E-state index contributed by atoms with van der Waals surface area (Å²) in [4.78, 5) is 12.1. The zero-order valence-corrected chi connectivity index (χ0v) is 12.1. The van der Waals surface area contributed by atoms with E-state index in [2.05, 4.69) is 19.9 Å². The van der Waals surface area contributed by atoms with Crippen molar-refractivity contribution in [3.8, 4) is 0 Å². The molecule has 0 N–H and O–H groups in total. The Morgan fingerprint density at radius 1 is 1.30 bits per heavy atom. The van der Waals surface area contributed by atoms with Crippen molar-refractivity contribution in [3.63, 3.8) is 0 Å². The Kier molecular flexibility index (Phi) is 3.66. The smallest absolute Gasteiger partial charge is 0.408 e. The second-order valence-corrected chi connectivity index (χ2v) is 5.92. The molecule has 1 saturated heterocycles. The summed E-state index contributed by atoms with van der Waals surface area (Å²) < 4.78 is 12.5. The summed E-state index contributed by atoms with van der Waals surface area (Å²) in [5, 5.41) is 0. The molecule has 4 heteroatoms. The molecule has 3 rings (SSSR count). The van der Waals surface area contributed by atoms with Crippen molar-refractivity contribution in [1.82, 2.24) is 4.57 Å². The fourth-order valence-corrected chi connectivity index (χ4v) is 2.80. The first kappa shape index (κ1) is 13.4. The molecule has 1 aromatic carbocycles. The summed E-state index contributed by atoms with van der Waals surface area (Å²) in [6, 6.07) is 6.03. The average molecular weight is 275 g/mol. The lowest BCUT2D eigenvalue weighted by molar-refractivity contribution is 0.0610. The molecular weight excluding hydrogens is 254 g/mol. The molecule has 4 nitrogen and oxygen atoms in total. The first-order chi connectivity index (χ1) is 9.65. The van der Waals surface area contributed by atoms with Crippen LogP contribution in [0, 0.1) is 5.92 Å². The first-order valence-corrected chi connectivity index (χ1v) is 7.36. The van der Waals surface area contributed by atoms with E-state index in [1.54, 1.807) is 4.57 Å². The SMILES string of the molecule is CC(C)c1ccc2oc(=O)n(CC3CCOCC3)c2c1. The van der Waals surface area contributed by atoms with Gasteiger partial charge in [0.05, 0.1) is 5.52 Å². The van der Waals surface area contributed by atoms with Gasteiger partial charge in [-0.3, -0.25) is 4.57 Å². The van der Waals surface area contributed by atoms with Crippen LogP contribution in [-0.4, -0.2) is 17.8 Å². The molecule has 1 aliphatic rings. The van der Waals surface area contributed by atoms with E-state index in [0.29, 0.717) is 17.4 Å². The van der Waals surface area contributed by atoms with Crippen LogP contribution < -0.4 is 5.76 Å². The highest BCUT2D eigenvalue weighted by molar-refractivity contribution is 5.74. The van der Waals surface area contributed by atoms with Gasteiger partial charge < -0.3 is 9.15 Å². The molecule has 0 spiro atoms. The summed E-state index contributed by atoms with van der Waals surface area (Å²) in [5.74, 6) is 0.707. The van der Waals surface area contributed by atoms with E-state index in [1.165, 1.54) is 5.56 Å². The van der Waals surface area contributed by atoms with Gasteiger partial charge in [-0.25, -0.2) is 4.79 Å². The summed E-state index contributed by atoms with van der Waals surface area (Å²) in [6.45, 7) is 6.64. The summed E-state index contributed by atoms with van der Waals surface area (Å²) in [7, 11) is 0. The molecule has 0 atom stereocenters. The number of benzene rings is 1. The monoisotopic (exact) mass is 275 g/mol. The van der Waals surface area contributed by atoms with Crippen molar-refractivity contribution in [3.05, 3.63) is 34.3 Å². The molecule has 0 aliphatic carbocycles. The summed E-state index contributed by atoms with van der Waals surface area (Å²) in [6.07, 6.45) is 2.03. The van der Waals surface area contributed by atoms with Gasteiger partial charge >= 0.3 is 5.76 Å². The molecule has 1 aromatic heterocycles. The lowest BCUT2D eigenvalue weighted by atomic mass is 10.00. The van der Waals surface area contributed by atoms with Gasteiger partial charge in [-0.1, -0.05) is 19.9 Å². The molecule has 0 saturated carbocycles. The van der Waals surface area contributed by atoms with Crippen LogP contribution >= 0.6 is 0 Å². The van der Waals surface area contributed by atoms with Crippen molar-refractivity contribution < 1.29 is 9.15 Å². The highest BCUT2D eigenvalue weighted by Gasteiger charge is 2.18. The topological polar surface area (TPSA) is 44.4 Å². The van der Waals surface area contributed by atoms with Crippen molar-refractivity contribution in [2.75, 3.05) is 13.2 Å². The number of hydrogen-bond acceptors (Lipinski definition) is 3. The Hall–Kier alpha value is -1.55. The maximum Gasteiger partial charge on any atom is 0.419 e. The maximum atomic E-state index is 12.1. The van der Waals surface area contributed by atoms with Gasteiger partial charge in [0.2, 0.25) is 0 Å². The van der Waals surface area contributed by atoms with Gasteiger partial charge in [-0.15, -0.1) is 0 Å². The van der Waals surface area contributed by atoms with E-state index in [1.807, 2.05) is 12.1 Å². The minimum Gasteiger partial charge on any atom is -0.408 e. The molecule has 2 aromatic rings. The van der Waals surface area contributed by atoms with Gasteiger partial charge in [0.15, 0.2) is 5.58 Å². The van der Waals surface area contributed by atoms with Crippen LogP contribution in [0.15, 0.2) is 27.4 Å². The Morgan fingerprint density at radius 3 is 2.75 bits per heavy atom.